The maximum absolute atomic E-state index is 12.6. The van der Waals surface area contributed by atoms with Gasteiger partial charge in [-0.05, 0) is 36.0 Å². The van der Waals surface area contributed by atoms with Crippen LogP contribution in [-0.4, -0.2) is 30.5 Å². The predicted octanol–water partition coefficient (Wildman–Crippen LogP) is 3.29. The molecule has 0 bridgehead atoms. The largest absolute Gasteiger partial charge is 0.490 e. The maximum Gasteiger partial charge on any atom is 0.490 e. The minimum Gasteiger partial charge on any atom is -0.439 e. The number of carbonyl (C=O) groups excluding carboxylic acids is 1. The fourth-order valence-electron chi connectivity index (χ4n) is 3.77. The minimum atomic E-state index is -5.02. The van der Waals surface area contributed by atoms with E-state index in [9.17, 15) is 18.0 Å². The summed E-state index contributed by atoms with van der Waals surface area (Å²) in [6.45, 7) is 6.79. The molecule has 1 fully saturated rings. The Balaban J connectivity index is 1.95. The van der Waals surface area contributed by atoms with Gasteiger partial charge in [0, 0.05) is 6.54 Å². The summed E-state index contributed by atoms with van der Waals surface area (Å²) in [7, 11) is 0. The second-order valence-corrected chi connectivity index (χ2v) is 7.37. The van der Waals surface area contributed by atoms with Crippen molar-refractivity contribution in [3.8, 4) is 0 Å². The van der Waals surface area contributed by atoms with Gasteiger partial charge in [-0.25, -0.2) is 4.79 Å². The van der Waals surface area contributed by atoms with Crippen molar-refractivity contribution in [3.05, 3.63) is 34.9 Å². The summed E-state index contributed by atoms with van der Waals surface area (Å²) in [6.07, 6.45) is -5.22. The van der Waals surface area contributed by atoms with Gasteiger partial charge in [0.15, 0.2) is 6.23 Å². The van der Waals surface area contributed by atoms with Crippen LogP contribution in [0.5, 0.6) is 0 Å². The first-order valence-corrected chi connectivity index (χ1v) is 8.37. The van der Waals surface area contributed by atoms with E-state index in [1.807, 2.05) is 25.1 Å². The van der Waals surface area contributed by atoms with Gasteiger partial charge in [-0.3, -0.25) is 5.32 Å². The summed E-state index contributed by atoms with van der Waals surface area (Å²) < 4.78 is 48.5. The Morgan fingerprint density at radius 3 is 2.80 bits per heavy atom. The van der Waals surface area contributed by atoms with Gasteiger partial charge in [0.1, 0.15) is 0 Å². The molecule has 2 heterocycles. The van der Waals surface area contributed by atoms with E-state index in [4.69, 9.17) is 9.47 Å². The highest BCUT2D eigenvalue weighted by molar-refractivity contribution is 5.76. The molecule has 0 aromatic heterocycles. The van der Waals surface area contributed by atoms with Crippen LogP contribution >= 0.6 is 0 Å². The van der Waals surface area contributed by atoms with Gasteiger partial charge < -0.3 is 9.47 Å². The Labute approximate surface area is 144 Å². The highest BCUT2D eigenvalue weighted by Gasteiger charge is 2.54. The van der Waals surface area contributed by atoms with Crippen molar-refractivity contribution in [2.45, 2.75) is 57.7 Å². The minimum absolute atomic E-state index is 0.321. The molecule has 1 aromatic carbocycles. The zero-order valence-electron chi connectivity index (χ0n) is 14.4. The fourth-order valence-corrected chi connectivity index (χ4v) is 3.77. The monoisotopic (exact) mass is 357 g/mol. The Kier molecular flexibility index (Phi) is 4.58. The summed E-state index contributed by atoms with van der Waals surface area (Å²) in [5.41, 5.74) is 2.31. The van der Waals surface area contributed by atoms with E-state index >= 15 is 0 Å². The molecule has 4 nitrogen and oxygen atoms in total. The SMILES string of the molecule is CC(C)Cc1cccc2c1COC1(C)CNC(OC(=O)C(F)(F)F)C21. The van der Waals surface area contributed by atoms with E-state index in [1.54, 1.807) is 0 Å². The van der Waals surface area contributed by atoms with Crippen LogP contribution in [0.2, 0.25) is 0 Å². The lowest BCUT2D eigenvalue weighted by Gasteiger charge is -2.39. The zero-order valence-corrected chi connectivity index (χ0v) is 14.4. The molecular formula is C18H22F3NO3. The number of benzene rings is 1. The molecule has 0 spiro atoms. The number of esters is 1. The number of hydrogen-bond acceptors (Lipinski definition) is 4. The van der Waals surface area contributed by atoms with Crippen molar-refractivity contribution in [1.29, 1.82) is 0 Å². The lowest BCUT2D eigenvalue weighted by molar-refractivity contribution is -0.207. The third kappa shape index (κ3) is 3.40. The van der Waals surface area contributed by atoms with Crippen LogP contribution in [0.4, 0.5) is 13.2 Å². The number of fused-ring (bicyclic) bond motifs is 3. The van der Waals surface area contributed by atoms with Crippen LogP contribution in [0.1, 0.15) is 43.4 Å². The summed E-state index contributed by atoms with van der Waals surface area (Å²) in [6, 6.07) is 5.82. The molecule has 7 heteroatoms. The van der Waals surface area contributed by atoms with Gasteiger partial charge in [-0.1, -0.05) is 32.0 Å². The predicted molar refractivity (Wildman–Crippen MR) is 84.9 cm³/mol. The van der Waals surface area contributed by atoms with Crippen molar-refractivity contribution in [3.63, 3.8) is 0 Å². The second kappa shape index (κ2) is 6.29. The molecule has 1 saturated heterocycles. The average Bonchev–Trinajstić information content (AvgIpc) is 2.83. The lowest BCUT2D eigenvalue weighted by Crippen LogP contribution is -2.43. The van der Waals surface area contributed by atoms with Crippen molar-refractivity contribution in [2.24, 2.45) is 5.92 Å². The topological polar surface area (TPSA) is 47.6 Å². The Morgan fingerprint density at radius 1 is 1.44 bits per heavy atom. The first kappa shape index (κ1) is 18.2. The fraction of sp³-hybridized carbons (Fsp3) is 0.611. The first-order chi connectivity index (χ1) is 11.6. The van der Waals surface area contributed by atoms with Crippen LogP contribution in [0, 0.1) is 5.92 Å². The quantitative estimate of drug-likeness (QED) is 0.844. The van der Waals surface area contributed by atoms with E-state index in [-0.39, 0.29) is 0 Å². The summed E-state index contributed by atoms with van der Waals surface area (Å²) in [5, 5.41) is 2.88. The molecule has 1 aromatic rings. The van der Waals surface area contributed by atoms with Crippen LogP contribution in [-0.2, 0) is 27.3 Å². The Morgan fingerprint density at radius 2 is 2.16 bits per heavy atom. The number of nitrogens with one attached hydrogen (secondary N) is 1. The Hall–Kier alpha value is -1.60. The van der Waals surface area contributed by atoms with Gasteiger partial charge in [0.2, 0.25) is 0 Å². The van der Waals surface area contributed by atoms with Gasteiger partial charge in [0.25, 0.3) is 0 Å². The van der Waals surface area contributed by atoms with Crippen molar-refractivity contribution < 1.29 is 27.4 Å². The van der Waals surface area contributed by atoms with Crippen LogP contribution < -0.4 is 5.32 Å². The molecule has 25 heavy (non-hydrogen) atoms. The molecule has 3 rings (SSSR count). The zero-order chi connectivity index (χ0) is 18.4. The molecule has 2 aliphatic rings. The second-order valence-electron chi connectivity index (χ2n) is 7.37. The molecule has 3 atom stereocenters. The Bertz CT molecular complexity index is 674. The first-order valence-electron chi connectivity index (χ1n) is 8.37. The van der Waals surface area contributed by atoms with Crippen LogP contribution in [0.15, 0.2) is 18.2 Å². The smallest absolute Gasteiger partial charge is 0.439 e. The van der Waals surface area contributed by atoms with Gasteiger partial charge >= 0.3 is 12.1 Å². The van der Waals surface area contributed by atoms with Crippen molar-refractivity contribution in [2.75, 3.05) is 6.54 Å². The number of rotatable bonds is 3. The van der Waals surface area contributed by atoms with Crippen molar-refractivity contribution >= 4 is 5.97 Å². The van der Waals surface area contributed by atoms with Crippen LogP contribution in [0.3, 0.4) is 0 Å². The van der Waals surface area contributed by atoms with E-state index in [1.165, 1.54) is 0 Å². The van der Waals surface area contributed by atoms with Gasteiger partial charge in [-0.15, -0.1) is 0 Å². The highest BCUT2D eigenvalue weighted by atomic mass is 19.4. The normalized spacial score (nSPS) is 28.6. The molecule has 1 N–H and O–H groups in total. The average molecular weight is 357 g/mol. The number of hydrogen-bond donors (Lipinski definition) is 1. The third-order valence-corrected chi connectivity index (χ3v) is 4.90. The molecule has 0 amide bonds. The number of ether oxygens (including phenoxy) is 2. The molecule has 2 aliphatic heterocycles. The van der Waals surface area contributed by atoms with E-state index in [0.717, 1.165) is 23.1 Å². The number of halogens is 3. The summed E-state index contributed by atoms with van der Waals surface area (Å²) in [4.78, 5) is 11.3. The number of carbonyl (C=O) groups is 1. The van der Waals surface area contributed by atoms with Crippen LogP contribution in [0.25, 0.3) is 0 Å². The molecule has 0 radical (unpaired) electrons. The molecule has 0 saturated carbocycles. The molecule has 0 aliphatic carbocycles. The highest BCUT2D eigenvalue weighted by Crippen LogP contribution is 2.46. The van der Waals surface area contributed by atoms with Crippen molar-refractivity contribution in [1.82, 2.24) is 5.32 Å². The molecule has 3 unspecified atom stereocenters. The van der Waals surface area contributed by atoms with E-state index < -0.39 is 29.9 Å². The molecule has 138 valence electrons. The van der Waals surface area contributed by atoms with Gasteiger partial charge in [0.05, 0.1) is 18.1 Å². The van der Waals surface area contributed by atoms with E-state index in [2.05, 4.69) is 19.2 Å². The summed E-state index contributed by atoms with van der Waals surface area (Å²) in [5.74, 6) is -2.21. The standard InChI is InChI=1S/C18H22F3NO3/c1-10(2)7-11-5-4-6-12-13(11)8-24-17(3)9-22-15(14(12)17)25-16(23)18(19,20)21/h4-6,10,14-15,22H,7-9H2,1-3H3. The number of alkyl halides is 3. The van der Waals surface area contributed by atoms with Gasteiger partial charge in [-0.2, -0.15) is 13.2 Å². The molecular weight excluding hydrogens is 335 g/mol. The summed E-state index contributed by atoms with van der Waals surface area (Å²) >= 11 is 0. The maximum atomic E-state index is 12.6. The van der Waals surface area contributed by atoms with E-state index in [0.29, 0.717) is 19.1 Å². The lowest BCUT2D eigenvalue weighted by atomic mass is 9.78. The third-order valence-electron chi connectivity index (χ3n) is 4.90.